The van der Waals surface area contributed by atoms with Crippen LogP contribution < -0.4 is 0 Å². The largest absolute Gasteiger partial charge is 0.478 e. The van der Waals surface area contributed by atoms with Gasteiger partial charge in [-0.2, -0.15) is 0 Å². The standard InChI is InChI=1S/C16H16N2O4S/c1-10-17-14-8-3-11(16(19)20)9-15(14)18(10)12-4-6-13(7-5-12)23(2,21)22/h3-6,8-9,13H,7H2,1-2H3,(H,19,20). The smallest absolute Gasteiger partial charge is 0.335 e. The van der Waals surface area contributed by atoms with E-state index in [1.165, 1.54) is 12.3 Å². The minimum Gasteiger partial charge on any atom is -0.478 e. The highest BCUT2D eigenvalue weighted by atomic mass is 32.2. The Morgan fingerprint density at radius 2 is 2.13 bits per heavy atom. The van der Waals surface area contributed by atoms with E-state index in [1.807, 2.05) is 17.6 Å². The van der Waals surface area contributed by atoms with Crippen LogP contribution in [0.3, 0.4) is 0 Å². The van der Waals surface area contributed by atoms with Gasteiger partial charge in [-0.3, -0.25) is 4.57 Å². The number of allylic oxidation sites excluding steroid dienone is 3. The quantitative estimate of drug-likeness (QED) is 0.931. The molecule has 120 valence electrons. The fourth-order valence-electron chi connectivity index (χ4n) is 2.73. The number of carbonyl (C=O) groups is 1. The molecule has 2 aromatic rings. The van der Waals surface area contributed by atoms with Crippen molar-refractivity contribution in [3.05, 3.63) is 47.8 Å². The molecule has 0 saturated heterocycles. The molecular weight excluding hydrogens is 316 g/mol. The number of imidazole rings is 1. The molecule has 7 heteroatoms. The van der Waals surface area contributed by atoms with Crippen LogP contribution in [0.2, 0.25) is 0 Å². The zero-order valence-corrected chi connectivity index (χ0v) is 13.5. The predicted octanol–water partition coefficient (Wildman–Crippen LogP) is 2.26. The number of sulfone groups is 1. The SMILES string of the molecule is Cc1nc2ccc(C(=O)O)cc2n1C1=CCC(S(C)(=O)=O)C=C1. The van der Waals surface area contributed by atoms with Crippen LogP contribution >= 0.6 is 0 Å². The van der Waals surface area contributed by atoms with Gasteiger partial charge in [-0.15, -0.1) is 0 Å². The second-order valence-electron chi connectivity index (χ2n) is 5.59. The van der Waals surface area contributed by atoms with E-state index in [0.29, 0.717) is 17.5 Å². The fourth-order valence-corrected chi connectivity index (χ4v) is 3.54. The van der Waals surface area contributed by atoms with Gasteiger partial charge in [-0.1, -0.05) is 12.2 Å². The first-order valence-electron chi connectivity index (χ1n) is 7.07. The molecule has 0 fully saturated rings. The summed E-state index contributed by atoms with van der Waals surface area (Å²) in [4.78, 5) is 15.6. The summed E-state index contributed by atoms with van der Waals surface area (Å²) < 4.78 is 25.1. The van der Waals surface area contributed by atoms with E-state index in [2.05, 4.69) is 4.98 Å². The number of aromatic carboxylic acids is 1. The van der Waals surface area contributed by atoms with Crippen LogP contribution in [0.25, 0.3) is 16.7 Å². The Kier molecular flexibility index (Phi) is 3.60. The molecule has 0 bridgehead atoms. The molecule has 6 nitrogen and oxygen atoms in total. The second kappa shape index (κ2) is 5.34. The molecule has 0 radical (unpaired) electrons. The summed E-state index contributed by atoms with van der Waals surface area (Å²) in [5.74, 6) is -0.279. The summed E-state index contributed by atoms with van der Waals surface area (Å²) >= 11 is 0. The number of carboxylic acid groups (broad SMARTS) is 1. The number of hydrogen-bond donors (Lipinski definition) is 1. The monoisotopic (exact) mass is 332 g/mol. The molecule has 1 aliphatic rings. The Morgan fingerprint density at radius 3 is 2.70 bits per heavy atom. The van der Waals surface area contributed by atoms with Crippen molar-refractivity contribution in [2.45, 2.75) is 18.6 Å². The number of aromatic nitrogens is 2. The van der Waals surface area contributed by atoms with Gasteiger partial charge in [0, 0.05) is 12.0 Å². The van der Waals surface area contributed by atoms with E-state index in [4.69, 9.17) is 5.11 Å². The molecule has 0 amide bonds. The maximum absolute atomic E-state index is 11.6. The summed E-state index contributed by atoms with van der Waals surface area (Å²) in [7, 11) is -3.12. The van der Waals surface area contributed by atoms with Crippen molar-refractivity contribution >= 4 is 32.5 Å². The van der Waals surface area contributed by atoms with Crippen molar-refractivity contribution in [2.24, 2.45) is 0 Å². The molecule has 0 aliphatic heterocycles. The van der Waals surface area contributed by atoms with Crippen LogP contribution in [0.15, 0.2) is 36.4 Å². The number of fused-ring (bicyclic) bond motifs is 1. The van der Waals surface area contributed by atoms with Gasteiger partial charge in [0.1, 0.15) is 5.82 Å². The molecule has 1 unspecified atom stereocenters. The van der Waals surface area contributed by atoms with E-state index < -0.39 is 21.1 Å². The van der Waals surface area contributed by atoms with Crippen molar-refractivity contribution < 1.29 is 18.3 Å². The number of rotatable bonds is 3. The third-order valence-electron chi connectivity index (χ3n) is 3.92. The van der Waals surface area contributed by atoms with Gasteiger partial charge in [-0.05, 0) is 37.6 Å². The minimum atomic E-state index is -3.12. The Hall–Kier alpha value is -2.41. The van der Waals surface area contributed by atoms with Crippen LogP contribution in [-0.4, -0.2) is 40.6 Å². The predicted molar refractivity (Wildman–Crippen MR) is 88.1 cm³/mol. The molecular formula is C16H16N2O4S. The average Bonchev–Trinajstić information content (AvgIpc) is 2.81. The topological polar surface area (TPSA) is 89.3 Å². The number of nitrogens with zero attached hydrogens (tertiary/aromatic N) is 2. The second-order valence-corrected chi connectivity index (χ2v) is 7.86. The van der Waals surface area contributed by atoms with Crippen LogP contribution in [0.1, 0.15) is 22.6 Å². The lowest BCUT2D eigenvalue weighted by Crippen LogP contribution is -2.19. The van der Waals surface area contributed by atoms with E-state index in [9.17, 15) is 13.2 Å². The highest BCUT2D eigenvalue weighted by Gasteiger charge is 2.21. The zero-order valence-electron chi connectivity index (χ0n) is 12.7. The summed E-state index contributed by atoms with van der Waals surface area (Å²) in [5.41, 5.74) is 2.38. The molecule has 1 atom stereocenters. The molecule has 0 saturated carbocycles. The van der Waals surface area contributed by atoms with Crippen molar-refractivity contribution in [1.82, 2.24) is 9.55 Å². The maximum Gasteiger partial charge on any atom is 0.335 e. The fraction of sp³-hybridized carbons (Fsp3) is 0.250. The molecule has 1 aromatic carbocycles. The molecule has 23 heavy (non-hydrogen) atoms. The van der Waals surface area contributed by atoms with E-state index in [-0.39, 0.29) is 5.56 Å². The van der Waals surface area contributed by atoms with Gasteiger partial charge < -0.3 is 5.11 Å². The Labute approximate surface area is 133 Å². The first kappa shape index (κ1) is 15.5. The first-order valence-corrected chi connectivity index (χ1v) is 9.03. The van der Waals surface area contributed by atoms with E-state index >= 15 is 0 Å². The molecule has 1 aliphatic carbocycles. The highest BCUT2D eigenvalue weighted by molar-refractivity contribution is 7.91. The Morgan fingerprint density at radius 1 is 1.39 bits per heavy atom. The van der Waals surface area contributed by atoms with Gasteiger partial charge in [0.15, 0.2) is 9.84 Å². The van der Waals surface area contributed by atoms with Crippen molar-refractivity contribution in [1.29, 1.82) is 0 Å². The summed E-state index contributed by atoms with van der Waals surface area (Å²) in [5, 5.41) is 8.63. The third kappa shape index (κ3) is 2.79. The Balaban J connectivity index is 2.09. The number of hydrogen-bond acceptors (Lipinski definition) is 4. The van der Waals surface area contributed by atoms with Crippen LogP contribution in [0.4, 0.5) is 0 Å². The number of carboxylic acids is 1. The molecule has 1 N–H and O–H groups in total. The van der Waals surface area contributed by atoms with Gasteiger partial charge in [0.25, 0.3) is 0 Å². The summed E-state index contributed by atoms with van der Waals surface area (Å²) in [6.07, 6.45) is 6.86. The van der Waals surface area contributed by atoms with Crippen LogP contribution in [0, 0.1) is 6.92 Å². The highest BCUT2D eigenvalue weighted by Crippen LogP contribution is 2.26. The normalized spacial score (nSPS) is 18.2. The van der Waals surface area contributed by atoms with Gasteiger partial charge in [0.2, 0.25) is 0 Å². The van der Waals surface area contributed by atoms with Crippen molar-refractivity contribution in [3.8, 4) is 0 Å². The minimum absolute atomic E-state index is 0.188. The first-order chi connectivity index (χ1) is 10.8. The van der Waals surface area contributed by atoms with Crippen molar-refractivity contribution in [2.75, 3.05) is 6.26 Å². The molecule has 3 rings (SSSR count). The molecule has 1 heterocycles. The lowest BCUT2D eigenvalue weighted by atomic mass is 10.1. The number of benzene rings is 1. The van der Waals surface area contributed by atoms with Crippen LogP contribution in [0.5, 0.6) is 0 Å². The van der Waals surface area contributed by atoms with Crippen LogP contribution in [-0.2, 0) is 9.84 Å². The Bertz CT molecular complexity index is 967. The van der Waals surface area contributed by atoms with Gasteiger partial charge in [-0.25, -0.2) is 18.2 Å². The summed E-state index contributed by atoms with van der Waals surface area (Å²) in [6.45, 7) is 1.83. The number of aryl methyl sites for hydroxylation is 1. The molecule has 0 spiro atoms. The molecule has 1 aromatic heterocycles. The van der Waals surface area contributed by atoms with Gasteiger partial charge in [0.05, 0.1) is 21.8 Å². The van der Waals surface area contributed by atoms with Crippen molar-refractivity contribution in [3.63, 3.8) is 0 Å². The lowest BCUT2D eigenvalue weighted by molar-refractivity contribution is 0.0697. The van der Waals surface area contributed by atoms with Gasteiger partial charge >= 0.3 is 5.97 Å². The lowest BCUT2D eigenvalue weighted by Gasteiger charge is -2.16. The summed E-state index contributed by atoms with van der Waals surface area (Å²) in [6, 6.07) is 4.77. The maximum atomic E-state index is 11.6. The zero-order chi connectivity index (χ0) is 16.8. The average molecular weight is 332 g/mol. The third-order valence-corrected chi connectivity index (χ3v) is 5.37. The van der Waals surface area contributed by atoms with E-state index in [0.717, 1.165) is 11.5 Å². The van der Waals surface area contributed by atoms with E-state index in [1.54, 1.807) is 24.3 Å².